The van der Waals surface area contributed by atoms with Crippen LogP contribution < -0.4 is 14.8 Å². The number of nitrogens with one attached hydrogen (secondary N) is 1. The lowest BCUT2D eigenvalue weighted by molar-refractivity contribution is -0.139. The molecule has 0 saturated heterocycles. The van der Waals surface area contributed by atoms with E-state index in [4.69, 9.17) is 14.6 Å². The third-order valence-electron chi connectivity index (χ3n) is 3.98. The van der Waals surface area contributed by atoms with Gasteiger partial charge < -0.3 is 19.9 Å². The summed E-state index contributed by atoms with van der Waals surface area (Å²) in [4.78, 5) is 22.9. The van der Waals surface area contributed by atoms with Crippen LogP contribution in [0.15, 0.2) is 48.5 Å². The number of rotatable bonds is 6. The van der Waals surface area contributed by atoms with E-state index in [0.717, 1.165) is 16.9 Å². The lowest BCUT2D eigenvalue weighted by Gasteiger charge is -2.24. The molecule has 2 aromatic carbocycles. The van der Waals surface area contributed by atoms with Crippen LogP contribution in [0.25, 0.3) is 0 Å². The molecule has 1 atom stereocenters. The van der Waals surface area contributed by atoms with Gasteiger partial charge in [-0.15, -0.1) is 0 Å². The van der Waals surface area contributed by atoms with Crippen LogP contribution in [0.5, 0.6) is 11.5 Å². The number of ether oxygens (including phenoxy) is 2. The van der Waals surface area contributed by atoms with Gasteiger partial charge in [-0.3, -0.25) is 4.79 Å². The van der Waals surface area contributed by atoms with Gasteiger partial charge in [0, 0.05) is 6.54 Å². The van der Waals surface area contributed by atoms with Gasteiger partial charge in [0.1, 0.15) is 18.1 Å². The van der Waals surface area contributed by atoms with Crippen LogP contribution in [-0.2, 0) is 22.6 Å². The molecule has 25 heavy (non-hydrogen) atoms. The lowest BCUT2D eigenvalue weighted by Crippen LogP contribution is -2.37. The van der Waals surface area contributed by atoms with Crippen molar-refractivity contribution >= 4 is 11.9 Å². The number of carbonyl (C=O) groups is 2. The largest absolute Gasteiger partial charge is 0.492 e. The lowest BCUT2D eigenvalue weighted by atomic mass is 9.96. The number of para-hydroxylation sites is 1. The molecule has 1 aliphatic rings. The molecule has 0 spiro atoms. The molecular formula is C19H19NO5. The fourth-order valence-corrected chi connectivity index (χ4v) is 2.72. The maximum atomic E-state index is 12.4. The van der Waals surface area contributed by atoms with Crippen LogP contribution >= 0.6 is 0 Å². The number of carbonyl (C=O) groups excluding carboxylic acids is 1. The van der Waals surface area contributed by atoms with Gasteiger partial charge in [0.25, 0.3) is 0 Å². The second kappa shape index (κ2) is 7.70. The number of hydrogen-bond acceptors (Lipinski definition) is 4. The summed E-state index contributed by atoms with van der Waals surface area (Å²) in [5.74, 6) is -0.0112. The van der Waals surface area contributed by atoms with Crippen LogP contribution in [0.1, 0.15) is 11.1 Å². The molecule has 2 N–H and O–H groups in total. The van der Waals surface area contributed by atoms with Crippen molar-refractivity contribution < 1.29 is 24.2 Å². The summed E-state index contributed by atoms with van der Waals surface area (Å²) in [7, 11) is 0. The first-order valence-corrected chi connectivity index (χ1v) is 8.04. The molecule has 1 heterocycles. The highest BCUT2D eigenvalue weighted by Gasteiger charge is 2.25. The number of benzene rings is 2. The van der Waals surface area contributed by atoms with Crippen molar-refractivity contribution in [1.29, 1.82) is 0 Å². The van der Waals surface area contributed by atoms with Crippen molar-refractivity contribution in [3.63, 3.8) is 0 Å². The molecule has 0 fully saturated rings. The van der Waals surface area contributed by atoms with Crippen LogP contribution in [0, 0.1) is 5.92 Å². The van der Waals surface area contributed by atoms with Gasteiger partial charge >= 0.3 is 5.97 Å². The van der Waals surface area contributed by atoms with Gasteiger partial charge in [0.15, 0.2) is 6.61 Å². The van der Waals surface area contributed by atoms with Gasteiger partial charge in [0.05, 0.1) is 5.92 Å². The Morgan fingerprint density at radius 1 is 1.20 bits per heavy atom. The first-order valence-electron chi connectivity index (χ1n) is 8.04. The highest BCUT2D eigenvalue weighted by molar-refractivity contribution is 5.79. The molecular weight excluding hydrogens is 322 g/mol. The molecule has 0 bridgehead atoms. The highest BCUT2D eigenvalue weighted by Crippen LogP contribution is 2.26. The Kier molecular flexibility index (Phi) is 5.18. The third-order valence-corrected chi connectivity index (χ3v) is 3.98. The summed E-state index contributed by atoms with van der Waals surface area (Å²) in [6.07, 6.45) is 0.657. The molecule has 1 amide bonds. The molecule has 0 radical (unpaired) electrons. The van der Waals surface area contributed by atoms with Crippen molar-refractivity contribution in [2.45, 2.75) is 13.0 Å². The summed E-state index contributed by atoms with van der Waals surface area (Å²) < 4.78 is 10.8. The van der Waals surface area contributed by atoms with Crippen LogP contribution in [-0.4, -0.2) is 30.2 Å². The molecule has 130 valence electrons. The topological polar surface area (TPSA) is 84.9 Å². The van der Waals surface area contributed by atoms with Crippen molar-refractivity contribution in [2.24, 2.45) is 5.92 Å². The number of carboxylic acids is 1. The summed E-state index contributed by atoms with van der Waals surface area (Å²) in [5.41, 5.74) is 1.88. The number of amides is 1. The van der Waals surface area contributed by atoms with E-state index >= 15 is 0 Å². The maximum Gasteiger partial charge on any atom is 0.341 e. The SMILES string of the molecule is O=C(O)COc1cccc(CNC(=O)C2COc3ccccc3C2)c1. The molecule has 6 heteroatoms. The van der Waals surface area contributed by atoms with Crippen molar-refractivity contribution in [3.8, 4) is 11.5 Å². The van der Waals surface area contributed by atoms with Crippen molar-refractivity contribution in [1.82, 2.24) is 5.32 Å². The molecule has 3 rings (SSSR count). The van der Waals surface area contributed by atoms with E-state index < -0.39 is 12.6 Å². The zero-order chi connectivity index (χ0) is 17.6. The van der Waals surface area contributed by atoms with Gasteiger partial charge in [-0.25, -0.2) is 4.79 Å². The summed E-state index contributed by atoms with van der Waals surface area (Å²) in [6, 6.07) is 14.7. The molecule has 1 unspecified atom stereocenters. The van der Waals surface area contributed by atoms with Crippen LogP contribution in [0.4, 0.5) is 0 Å². The van der Waals surface area contributed by atoms with E-state index in [1.807, 2.05) is 30.3 Å². The summed E-state index contributed by atoms with van der Waals surface area (Å²) >= 11 is 0. The number of aliphatic carboxylic acids is 1. The first-order chi connectivity index (χ1) is 12.1. The Bertz CT molecular complexity index is 774. The van der Waals surface area contributed by atoms with Gasteiger partial charge in [-0.1, -0.05) is 30.3 Å². The Morgan fingerprint density at radius 3 is 2.88 bits per heavy atom. The fraction of sp³-hybridized carbons (Fsp3) is 0.263. The normalized spacial score (nSPS) is 15.6. The fourth-order valence-electron chi connectivity index (χ4n) is 2.72. The zero-order valence-electron chi connectivity index (χ0n) is 13.6. The molecule has 6 nitrogen and oxygen atoms in total. The van der Waals surface area contributed by atoms with Crippen molar-refractivity contribution in [2.75, 3.05) is 13.2 Å². The molecule has 0 saturated carbocycles. The number of carboxylic acid groups (broad SMARTS) is 1. The van der Waals surface area contributed by atoms with Crippen LogP contribution in [0.3, 0.4) is 0 Å². The Labute approximate surface area is 145 Å². The van der Waals surface area contributed by atoms with E-state index in [0.29, 0.717) is 25.3 Å². The minimum atomic E-state index is -1.03. The highest BCUT2D eigenvalue weighted by atomic mass is 16.5. The second-order valence-corrected chi connectivity index (χ2v) is 5.87. The average molecular weight is 341 g/mol. The molecule has 1 aliphatic heterocycles. The maximum absolute atomic E-state index is 12.4. The summed E-state index contributed by atoms with van der Waals surface area (Å²) in [6.45, 7) is 0.320. The smallest absolute Gasteiger partial charge is 0.341 e. The third kappa shape index (κ3) is 4.50. The van der Waals surface area contributed by atoms with E-state index in [-0.39, 0.29) is 11.8 Å². The first kappa shape index (κ1) is 16.8. The standard InChI is InChI=1S/C19H19NO5/c21-18(22)12-24-16-6-3-4-13(8-16)10-20-19(23)15-9-14-5-1-2-7-17(14)25-11-15/h1-8,15H,9-12H2,(H,20,23)(H,21,22). The Morgan fingerprint density at radius 2 is 2.04 bits per heavy atom. The molecule has 2 aromatic rings. The van der Waals surface area contributed by atoms with Crippen molar-refractivity contribution in [3.05, 3.63) is 59.7 Å². The minimum Gasteiger partial charge on any atom is -0.492 e. The van der Waals surface area contributed by atoms with E-state index in [1.54, 1.807) is 18.2 Å². The average Bonchev–Trinajstić information content (AvgIpc) is 2.64. The van der Waals surface area contributed by atoms with Gasteiger partial charge in [-0.2, -0.15) is 0 Å². The zero-order valence-corrected chi connectivity index (χ0v) is 13.6. The van der Waals surface area contributed by atoms with E-state index in [9.17, 15) is 9.59 Å². The van der Waals surface area contributed by atoms with E-state index in [2.05, 4.69) is 5.32 Å². The predicted octanol–water partition coefficient (Wildman–Crippen LogP) is 2.02. The predicted molar refractivity (Wildman–Crippen MR) is 90.6 cm³/mol. The van der Waals surface area contributed by atoms with Gasteiger partial charge in [-0.05, 0) is 35.7 Å². The minimum absolute atomic E-state index is 0.0636. The number of fused-ring (bicyclic) bond motifs is 1. The monoisotopic (exact) mass is 341 g/mol. The Balaban J connectivity index is 1.54. The molecule has 0 aliphatic carbocycles. The van der Waals surface area contributed by atoms with Crippen LogP contribution in [0.2, 0.25) is 0 Å². The van der Waals surface area contributed by atoms with Gasteiger partial charge in [0.2, 0.25) is 5.91 Å². The van der Waals surface area contributed by atoms with E-state index in [1.165, 1.54) is 0 Å². The second-order valence-electron chi connectivity index (χ2n) is 5.87. The Hall–Kier alpha value is -3.02. The summed E-state index contributed by atoms with van der Waals surface area (Å²) in [5, 5.41) is 11.5. The quantitative estimate of drug-likeness (QED) is 0.840. The number of hydrogen-bond donors (Lipinski definition) is 2. The molecule has 0 aromatic heterocycles.